The van der Waals surface area contributed by atoms with Crippen LogP contribution in [0.1, 0.15) is 51.7 Å². The second-order valence-electron chi connectivity index (χ2n) is 8.45. The summed E-state index contributed by atoms with van der Waals surface area (Å²) in [6.45, 7) is 18.1. The summed E-state index contributed by atoms with van der Waals surface area (Å²) in [5, 5.41) is 9.02. The molecule has 1 aliphatic rings. The van der Waals surface area contributed by atoms with Gasteiger partial charge in [0.2, 0.25) is 0 Å². The number of carbonyl (C=O) groups is 1. The molecule has 0 spiro atoms. The van der Waals surface area contributed by atoms with Crippen LogP contribution in [0.5, 0.6) is 0 Å². The van der Waals surface area contributed by atoms with Crippen molar-refractivity contribution in [3.05, 3.63) is 102 Å². The lowest BCUT2D eigenvalue weighted by Crippen LogP contribution is -2.49. The van der Waals surface area contributed by atoms with Gasteiger partial charge in [-0.25, -0.2) is 0 Å². The molecule has 0 saturated carbocycles. The molecule has 1 N–H and O–H groups in total. The van der Waals surface area contributed by atoms with Gasteiger partial charge in [-0.2, -0.15) is 0 Å². The van der Waals surface area contributed by atoms with Crippen molar-refractivity contribution in [1.29, 1.82) is 0 Å². The lowest BCUT2D eigenvalue weighted by atomic mass is 9.96. The molecular weight excluding hydrogens is 410 g/mol. The minimum atomic E-state index is -0.695. The predicted molar refractivity (Wildman–Crippen MR) is 137 cm³/mol. The summed E-state index contributed by atoms with van der Waals surface area (Å²) in [4.78, 5) is 13.1. The highest BCUT2D eigenvalue weighted by atomic mass is 16.5. The van der Waals surface area contributed by atoms with E-state index in [9.17, 15) is 4.79 Å². The van der Waals surface area contributed by atoms with Gasteiger partial charge in [0, 0.05) is 25.2 Å². The van der Waals surface area contributed by atoms with Crippen LogP contribution >= 0.6 is 0 Å². The van der Waals surface area contributed by atoms with Gasteiger partial charge in [0.15, 0.2) is 0 Å². The summed E-state index contributed by atoms with van der Waals surface area (Å²) in [5.74, 6) is 0.555. The van der Waals surface area contributed by atoms with Crippen molar-refractivity contribution < 1.29 is 14.6 Å². The molecule has 0 radical (unpaired) electrons. The Bertz CT molecular complexity index is 971. The lowest BCUT2D eigenvalue weighted by Gasteiger charge is -2.36. The first-order chi connectivity index (χ1) is 15.8. The van der Waals surface area contributed by atoms with Crippen LogP contribution in [0, 0.1) is 5.92 Å². The van der Waals surface area contributed by atoms with Crippen LogP contribution in [-0.4, -0.2) is 29.1 Å². The van der Waals surface area contributed by atoms with Gasteiger partial charge in [0.05, 0.1) is 11.7 Å². The fraction of sp³-hybridized carbons (Fsp3) is 0.345. The Hall–Kier alpha value is -3.11. The highest BCUT2D eigenvalue weighted by molar-refractivity contribution is 5.71. The molecule has 176 valence electrons. The van der Waals surface area contributed by atoms with E-state index in [1.54, 1.807) is 6.08 Å². The van der Waals surface area contributed by atoms with Gasteiger partial charge in [0.1, 0.15) is 5.76 Å². The number of likely N-dealkylation sites (tertiary alicyclic amines) is 1. The monoisotopic (exact) mass is 447 g/mol. The number of allylic oxidation sites excluding steroid dienone is 8. The minimum absolute atomic E-state index is 0.215. The van der Waals surface area contributed by atoms with Gasteiger partial charge in [-0.05, 0) is 62.8 Å². The molecule has 0 aliphatic carbocycles. The maximum Gasteiger partial charge on any atom is 0.309 e. The summed E-state index contributed by atoms with van der Waals surface area (Å²) >= 11 is 0. The molecule has 1 fully saturated rings. The van der Waals surface area contributed by atoms with Gasteiger partial charge in [0.25, 0.3) is 0 Å². The zero-order valence-corrected chi connectivity index (χ0v) is 20.4. The van der Waals surface area contributed by atoms with Crippen LogP contribution < -0.4 is 0 Å². The van der Waals surface area contributed by atoms with E-state index in [4.69, 9.17) is 9.84 Å². The lowest BCUT2D eigenvalue weighted by molar-refractivity contribution is -0.147. The minimum Gasteiger partial charge on any atom is -0.481 e. The molecule has 0 unspecified atom stereocenters. The summed E-state index contributed by atoms with van der Waals surface area (Å²) in [6.07, 6.45) is 11.6. The number of rotatable bonds is 12. The highest BCUT2D eigenvalue weighted by Gasteiger charge is 2.32. The maximum atomic E-state index is 11.0. The Morgan fingerprint density at radius 3 is 2.39 bits per heavy atom. The summed E-state index contributed by atoms with van der Waals surface area (Å²) in [6, 6.07) is 8.60. The number of nitrogens with zero attached hydrogens (tertiary/aromatic N) is 1. The molecule has 1 heterocycles. The number of benzene rings is 1. The van der Waals surface area contributed by atoms with Crippen molar-refractivity contribution in [3.63, 3.8) is 0 Å². The molecule has 1 aromatic rings. The zero-order valence-electron chi connectivity index (χ0n) is 20.4. The first-order valence-electron chi connectivity index (χ1n) is 11.5. The van der Waals surface area contributed by atoms with Gasteiger partial charge in [-0.1, -0.05) is 67.8 Å². The number of ether oxygens (including phenoxy) is 1. The van der Waals surface area contributed by atoms with E-state index in [1.807, 2.05) is 32.1 Å². The summed E-state index contributed by atoms with van der Waals surface area (Å²) in [7, 11) is 0. The van der Waals surface area contributed by atoms with E-state index in [0.717, 1.165) is 30.7 Å². The van der Waals surface area contributed by atoms with E-state index in [2.05, 4.69) is 62.2 Å². The quantitative estimate of drug-likeness (QED) is 0.280. The topological polar surface area (TPSA) is 49.8 Å². The van der Waals surface area contributed by atoms with Crippen molar-refractivity contribution in [2.45, 2.75) is 47.1 Å². The van der Waals surface area contributed by atoms with E-state index >= 15 is 0 Å². The number of carboxylic acid groups (broad SMARTS) is 1. The molecular formula is C29H37NO3. The summed E-state index contributed by atoms with van der Waals surface area (Å²) < 4.78 is 5.98. The van der Waals surface area contributed by atoms with Crippen molar-refractivity contribution in [2.75, 3.05) is 13.1 Å². The fourth-order valence-corrected chi connectivity index (χ4v) is 3.70. The Labute approximate surface area is 199 Å². The molecule has 1 saturated heterocycles. The van der Waals surface area contributed by atoms with Crippen LogP contribution in [0.25, 0.3) is 5.57 Å². The molecule has 4 heteroatoms. The van der Waals surface area contributed by atoms with Crippen LogP contribution in [0.3, 0.4) is 0 Å². The van der Waals surface area contributed by atoms with Crippen molar-refractivity contribution in [3.8, 4) is 0 Å². The molecule has 1 aromatic carbocycles. The molecule has 1 aliphatic heterocycles. The Morgan fingerprint density at radius 2 is 1.85 bits per heavy atom. The first kappa shape index (κ1) is 26.1. The smallest absolute Gasteiger partial charge is 0.309 e. The third kappa shape index (κ3) is 7.76. The fourth-order valence-electron chi connectivity index (χ4n) is 3.70. The Balaban J connectivity index is 1.92. The molecule has 0 atom stereocenters. The number of hydrogen-bond acceptors (Lipinski definition) is 3. The van der Waals surface area contributed by atoms with E-state index in [-0.39, 0.29) is 5.92 Å². The van der Waals surface area contributed by atoms with Crippen molar-refractivity contribution >= 4 is 11.5 Å². The maximum absolute atomic E-state index is 11.0. The Kier molecular flexibility index (Phi) is 10.1. The predicted octanol–water partition coefficient (Wildman–Crippen LogP) is 6.90. The van der Waals surface area contributed by atoms with Crippen molar-refractivity contribution in [2.24, 2.45) is 5.92 Å². The van der Waals surface area contributed by atoms with E-state index < -0.39 is 5.97 Å². The molecule has 33 heavy (non-hydrogen) atoms. The second kappa shape index (κ2) is 12.8. The first-order valence-corrected chi connectivity index (χ1v) is 11.5. The van der Waals surface area contributed by atoms with Crippen LogP contribution in [-0.2, 0) is 16.1 Å². The van der Waals surface area contributed by atoms with Gasteiger partial charge < -0.3 is 9.84 Å². The number of carboxylic acids is 1. The normalized spacial score (nSPS) is 16.4. The molecule has 4 nitrogen and oxygen atoms in total. The second-order valence-corrected chi connectivity index (χ2v) is 8.45. The van der Waals surface area contributed by atoms with E-state index in [1.165, 1.54) is 22.3 Å². The van der Waals surface area contributed by atoms with E-state index in [0.29, 0.717) is 18.8 Å². The zero-order chi connectivity index (χ0) is 24.4. The standard InChI is InChI=1S/C29H37NO3/c1-7-10-11-25(8-2)23(6)33-22(5)21(4)12-15-26(9-3)27-16-13-24(14-17-27)18-30-19-28(20-30)29(31)32/h7-11,13-14,16-17,28H,2,6,12,15,18-20H2,1,3-5H3,(H,31,32)/b10-7-,22-21+,25-11+,26-9+. The average molecular weight is 448 g/mol. The highest BCUT2D eigenvalue weighted by Crippen LogP contribution is 2.26. The van der Waals surface area contributed by atoms with Gasteiger partial charge >= 0.3 is 5.97 Å². The Morgan fingerprint density at radius 1 is 1.18 bits per heavy atom. The van der Waals surface area contributed by atoms with Crippen LogP contribution in [0.4, 0.5) is 0 Å². The van der Waals surface area contributed by atoms with Crippen LogP contribution in [0.15, 0.2) is 90.5 Å². The van der Waals surface area contributed by atoms with Crippen molar-refractivity contribution in [1.82, 2.24) is 4.90 Å². The number of aliphatic carboxylic acids is 1. The van der Waals surface area contributed by atoms with Gasteiger partial charge in [-0.15, -0.1) is 0 Å². The SMILES string of the molecule is C=C/C(=C\C=C/C)C(=C)O/C(C)=C(\C)CC/C(=C\C)c1ccc(CN2CC(C(=O)O)C2)cc1. The molecule has 2 rings (SSSR count). The molecule has 0 aromatic heterocycles. The van der Waals surface area contributed by atoms with Crippen LogP contribution in [0.2, 0.25) is 0 Å². The van der Waals surface area contributed by atoms with Gasteiger partial charge in [-0.3, -0.25) is 9.69 Å². The summed E-state index contributed by atoms with van der Waals surface area (Å²) in [5.41, 5.74) is 5.77. The third-order valence-corrected chi connectivity index (χ3v) is 6.04. The third-order valence-electron chi connectivity index (χ3n) is 6.04. The average Bonchev–Trinajstić information content (AvgIpc) is 2.77. The molecule has 0 bridgehead atoms. The largest absolute Gasteiger partial charge is 0.481 e. The molecule has 0 amide bonds. The number of hydrogen-bond donors (Lipinski definition) is 1.